The Morgan fingerprint density at radius 2 is 1.37 bits per heavy atom. The van der Waals surface area contributed by atoms with Crippen LogP contribution in [0.3, 0.4) is 0 Å². The number of halogens is 1. The number of aliphatic hydroxyl groups is 1. The second kappa shape index (κ2) is 21.7. The number of nitrogens with zero attached hydrogens (tertiary/aromatic N) is 1. The number of hydrogen-bond donors (Lipinski definition) is 11. The van der Waals surface area contributed by atoms with Gasteiger partial charge >= 0.3 is 5.97 Å². The van der Waals surface area contributed by atoms with E-state index in [0.717, 1.165) is 38.6 Å². The van der Waals surface area contributed by atoms with E-state index in [1.165, 1.54) is 12.1 Å². The molecule has 14 N–H and O–H groups in total. The molecule has 7 atom stereocenters. The SMILES string of the molecule is NC(=O)C[C@@H]1NC(=O)[C@@H]2C[C@@H](O)CN2C(=O)CNC(=O)[C@H](Cc2ccc(F)cc2)NC(=O)CNC(=O)[C@@H](CC(=O)O)NC(=O)[C@H](N)CSSC[C@H](C(N)=O)NC1=O. The van der Waals surface area contributed by atoms with E-state index >= 15 is 0 Å². The molecule has 1 aromatic rings. The van der Waals surface area contributed by atoms with Crippen molar-refractivity contribution in [2.24, 2.45) is 17.2 Å². The number of primary amides is 2. The van der Waals surface area contributed by atoms with Crippen LogP contribution in [0.25, 0.3) is 0 Å². The van der Waals surface area contributed by atoms with Gasteiger partial charge in [0.2, 0.25) is 53.2 Å². The Bertz CT molecular complexity index is 1720. The van der Waals surface area contributed by atoms with Gasteiger partial charge in [0.1, 0.15) is 36.0 Å². The predicted molar refractivity (Wildman–Crippen MR) is 198 cm³/mol. The van der Waals surface area contributed by atoms with Crippen LogP contribution in [-0.4, -0.2) is 148 Å². The summed E-state index contributed by atoms with van der Waals surface area (Å²) in [6.07, 6.45) is -3.45. The van der Waals surface area contributed by atoms with Gasteiger partial charge in [-0.15, -0.1) is 0 Å². The van der Waals surface area contributed by atoms with Crippen molar-refractivity contribution in [1.82, 2.24) is 36.8 Å². The van der Waals surface area contributed by atoms with Gasteiger partial charge in [0.25, 0.3) is 0 Å². The molecule has 0 unspecified atom stereocenters. The van der Waals surface area contributed by atoms with Gasteiger partial charge < -0.3 is 64.2 Å². The number of nitrogens with one attached hydrogen (secondary N) is 6. The summed E-state index contributed by atoms with van der Waals surface area (Å²) >= 11 is 0. The van der Waals surface area contributed by atoms with E-state index < -0.39 is 133 Å². The Balaban J connectivity index is 1.92. The Morgan fingerprint density at radius 1 is 0.772 bits per heavy atom. The maximum atomic E-state index is 13.6. The summed E-state index contributed by atoms with van der Waals surface area (Å²) in [4.78, 5) is 129. The van der Waals surface area contributed by atoms with E-state index in [1.54, 1.807) is 0 Å². The van der Waals surface area contributed by atoms with Crippen molar-refractivity contribution in [3.8, 4) is 0 Å². The fourth-order valence-electron chi connectivity index (χ4n) is 5.45. The lowest BCUT2D eigenvalue weighted by Gasteiger charge is -2.27. The van der Waals surface area contributed by atoms with Crippen LogP contribution < -0.4 is 49.1 Å². The van der Waals surface area contributed by atoms with Gasteiger partial charge in [-0.25, -0.2) is 4.39 Å². The molecule has 312 valence electrons. The zero-order chi connectivity index (χ0) is 42.4. The van der Waals surface area contributed by atoms with Crippen molar-refractivity contribution in [3.63, 3.8) is 0 Å². The standard InChI is InChI=1S/C32H43FN10O12S2/c33-15-3-1-14(2-4-15)5-18-29(52)38-10-25(47)43-11-16(44)6-22(43)32(55)41-19(7-23(35)45)31(54)42-21(27(36)50)13-57-56-12-17(34)28(51)40-20(8-26(48)49)30(53)37-9-24(46)39-18/h1-4,16-22,44H,5-13,34H2,(H2,35,45)(H2,36,50)(H,37,53)(H,38,52)(H,39,46)(H,40,51)(H,41,55)(H,42,54)(H,48,49)/t16-,17-,18+,19+,20-,21-,22+/m1/s1. The van der Waals surface area contributed by atoms with Crippen molar-refractivity contribution >= 4 is 80.7 Å². The minimum atomic E-state index is -1.70. The quantitative estimate of drug-likeness (QED) is 0.114. The number of carbonyl (C=O) groups excluding carboxylic acids is 9. The van der Waals surface area contributed by atoms with Crippen molar-refractivity contribution in [1.29, 1.82) is 0 Å². The highest BCUT2D eigenvalue weighted by atomic mass is 33.1. The number of amides is 9. The Morgan fingerprint density at radius 3 is 2.00 bits per heavy atom. The number of carboxylic acids is 1. The lowest BCUT2D eigenvalue weighted by molar-refractivity contribution is -0.141. The van der Waals surface area contributed by atoms with Gasteiger partial charge in [-0.05, 0) is 17.7 Å². The molecule has 0 radical (unpaired) electrons. The van der Waals surface area contributed by atoms with Crippen molar-refractivity contribution in [2.45, 2.75) is 68.0 Å². The van der Waals surface area contributed by atoms with Gasteiger partial charge in [0.05, 0.1) is 38.1 Å². The monoisotopic (exact) mass is 842 g/mol. The molecular formula is C32H43FN10O12S2. The van der Waals surface area contributed by atoms with E-state index in [0.29, 0.717) is 5.56 Å². The molecule has 0 aliphatic carbocycles. The summed E-state index contributed by atoms with van der Waals surface area (Å²) in [6, 6.07) is -4.12. The predicted octanol–water partition coefficient (Wildman–Crippen LogP) is -5.94. The normalized spacial score (nSPS) is 26.8. The number of aliphatic carboxylic acids is 1. The molecule has 57 heavy (non-hydrogen) atoms. The van der Waals surface area contributed by atoms with Gasteiger partial charge in [-0.3, -0.25) is 47.9 Å². The molecule has 0 spiro atoms. The minimum Gasteiger partial charge on any atom is -0.481 e. The first-order valence-corrected chi connectivity index (χ1v) is 19.6. The lowest BCUT2D eigenvalue weighted by atomic mass is 10.0. The van der Waals surface area contributed by atoms with Crippen molar-refractivity contribution in [3.05, 3.63) is 35.6 Å². The Labute approximate surface area is 331 Å². The van der Waals surface area contributed by atoms with Gasteiger partial charge in [0, 0.05) is 30.9 Å². The number of benzene rings is 1. The number of fused-ring (bicyclic) bond motifs is 1. The molecule has 2 saturated heterocycles. The molecule has 2 heterocycles. The average molecular weight is 843 g/mol. The third kappa shape index (κ3) is 14.8. The first-order chi connectivity index (χ1) is 26.8. The summed E-state index contributed by atoms with van der Waals surface area (Å²) in [5, 5.41) is 33.4. The summed E-state index contributed by atoms with van der Waals surface area (Å²) in [7, 11) is 1.86. The molecule has 0 bridgehead atoms. The van der Waals surface area contributed by atoms with Crippen LogP contribution in [0, 0.1) is 5.82 Å². The fourth-order valence-corrected chi connectivity index (χ4v) is 7.75. The highest BCUT2D eigenvalue weighted by molar-refractivity contribution is 8.76. The molecule has 1 aromatic carbocycles. The second-order valence-electron chi connectivity index (χ2n) is 12.9. The molecule has 0 aromatic heterocycles. The van der Waals surface area contributed by atoms with Crippen LogP contribution >= 0.6 is 21.6 Å². The molecule has 2 aliphatic heterocycles. The van der Waals surface area contributed by atoms with Crippen molar-refractivity contribution < 1.29 is 62.5 Å². The molecular weight excluding hydrogens is 800 g/mol. The summed E-state index contributed by atoms with van der Waals surface area (Å²) in [5.41, 5.74) is 17.0. The van der Waals surface area contributed by atoms with Crippen LogP contribution in [0.1, 0.15) is 24.8 Å². The van der Waals surface area contributed by atoms with E-state index in [4.69, 9.17) is 17.2 Å². The lowest BCUT2D eigenvalue weighted by Crippen LogP contribution is -2.58. The third-order valence-electron chi connectivity index (χ3n) is 8.36. The number of rotatable bonds is 7. The van der Waals surface area contributed by atoms with Gasteiger partial charge in [-0.2, -0.15) is 0 Å². The van der Waals surface area contributed by atoms with E-state index in [-0.39, 0.29) is 30.9 Å². The molecule has 2 aliphatic rings. The highest BCUT2D eigenvalue weighted by Gasteiger charge is 2.41. The maximum Gasteiger partial charge on any atom is 0.305 e. The smallest absolute Gasteiger partial charge is 0.305 e. The summed E-state index contributed by atoms with van der Waals surface area (Å²) in [6.45, 7) is -1.96. The van der Waals surface area contributed by atoms with Crippen molar-refractivity contribution in [2.75, 3.05) is 31.1 Å². The topological polar surface area (TPSA) is 365 Å². The van der Waals surface area contributed by atoms with Crippen LogP contribution in [0.2, 0.25) is 0 Å². The minimum absolute atomic E-state index is 0.167. The zero-order valence-electron chi connectivity index (χ0n) is 30.1. The first kappa shape index (κ1) is 45.9. The second-order valence-corrected chi connectivity index (χ2v) is 15.4. The molecule has 22 nitrogen and oxygen atoms in total. The number of hydrogen-bond acceptors (Lipinski definition) is 14. The Hall–Kier alpha value is -5.53. The largest absolute Gasteiger partial charge is 0.481 e. The molecule has 0 saturated carbocycles. The first-order valence-electron chi connectivity index (χ1n) is 17.1. The molecule has 3 rings (SSSR count). The summed E-state index contributed by atoms with van der Waals surface area (Å²) in [5.74, 6) is -11.4. The zero-order valence-corrected chi connectivity index (χ0v) is 31.7. The van der Waals surface area contributed by atoms with E-state index in [2.05, 4.69) is 31.9 Å². The van der Waals surface area contributed by atoms with E-state index in [9.17, 15) is 62.5 Å². The van der Waals surface area contributed by atoms with Crippen LogP contribution in [0.4, 0.5) is 4.39 Å². The number of carbonyl (C=O) groups is 10. The summed E-state index contributed by atoms with van der Waals surface area (Å²) < 4.78 is 13.6. The van der Waals surface area contributed by atoms with Crippen LogP contribution in [0.15, 0.2) is 24.3 Å². The fraction of sp³-hybridized carbons (Fsp3) is 0.500. The van der Waals surface area contributed by atoms with Gasteiger partial charge in [0.15, 0.2) is 0 Å². The average Bonchev–Trinajstić information content (AvgIpc) is 3.54. The Kier molecular flexibility index (Phi) is 17.4. The molecule has 9 amide bonds. The third-order valence-corrected chi connectivity index (χ3v) is 10.8. The molecule has 2 fully saturated rings. The molecule has 25 heteroatoms. The highest BCUT2D eigenvalue weighted by Crippen LogP contribution is 2.23. The van der Waals surface area contributed by atoms with Crippen LogP contribution in [0.5, 0.6) is 0 Å². The maximum absolute atomic E-state index is 13.6. The van der Waals surface area contributed by atoms with Crippen LogP contribution in [-0.2, 0) is 54.4 Å². The number of aliphatic hydroxyl groups excluding tert-OH is 1. The number of carboxylic acid groups (broad SMARTS) is 1. The van der Waals surface area contributed by atoms with E-state index in [1.807, 2.05) is 0 Å². The number of nitrogens with two attached hydrogens (primary N) is 3. The van der Waals surface area contributed by atoms with Gasteiger partial charge in [-0.1, -0.05) is 33.7 Å².